The van der Waals surface area contributed by atoms with Crippen molar-refractivity contribution in [2.45, 2.75) is 25.3 Å². The SMILES string of the molecule is Cc1ccccc1CNC(=O)c1ccc(Cl)c(S(=O)(=O)Nc2ccccc2C)c1. The van der Waals surface area contributed by atoms with Crippen LogP contribution in [0.25, 0.3) is 0 Å². The molecule has 3 aromatic carbocycles. The van der Waals surface area contributed by atoms with Crippen molar-refractivity contribution in [1.29, 1.82) is 0 Å². The van der Waals surface area contributed by atoms with E-state index < -0.39 is 10.0 Å². The average molecular weight is 429 g/mol. The maximum atomic E-state index is 12.8. The molecule has 0 heterocycles. The van der Waals surface area contributed by atoms with E-state index in [1.54, 1.807) is 25.1 Å². The van der Waals surface area contributed by atoms with Crippen LogP contribution in [0.4, 0.5) is 5.69 Å². The Kier molecular flexibility index (Phi) is 6.25. The number of sulfonamides is 1. The van der Waals surface area contributed by atoms with Crippen LogP contribution in [-0.2, 0) is 16.6 Å². The normalized spacial score (nSPS) is 11.1. The molecular weight excluding hydrogens is 408 g/mol. The number of carbonyl (C=O) groups is 1. The van der Waals surface area contributed by atoms with E-state index in [1.165, 1.54) is 18.2 Å². The standard InChI is InChI=1S/C22H21ClN2O3S/c1-15-7-3-5-9-18(15)14-24-22(26)17-11-12-19(23)21(13-17)29(27,28)25-20-10-6-4-8-16(20)2/h3-13,25H,14H2,1-2H3,(H,24,26). The zero-order valence-corrected chi connectivity index (χ0v) is 17.6. The van der Waals surface area contributed by atoms with Crippen LogP contribution in [0.1, 0.15) is 27.0 Å². The van der Waals surface area contributed by atoms with Gasteiger partial charge >= 0.3 is 0 Å². The minimum atomic E-state index is -3.96. The zero-order valence-electron chi connectivity index (χ0n) is 16.1. The van der Waals surface area contributed by atoms with Gasteiger partial charge in [0, 0.05) is 12.1 Å². The van der Waals surface area contributed by atoms with Gasteiger partial charge in [-0.05, 0) is 54.8 Å². The van der Waals surface area contributed by atoms with Gasteiger partial charge in [-0.1, -0.05) is 54.1 Å². The molecule has 7 heteroatoms. The highest BCUT2D eigenvalue weighted by Crippen LogP contribution is 2.26. The second-order valence-corrected chi connectivity index (χ2v) is 8.73. The summed E-state index contributed by atoms with van der Waals surface area (Å²) in [4.78, 5) is 12.4. The van der Waals surface area contributed by atoms with E-state index in [1.807, 2.05) is 37.3 Å². The van der Waals surface area contributed by atoms with Crippen LogP contribution in [0.5, 0.6) is 0 Å². The summed E-state index contributed by atoms with van der Waals surface area (Å²) >= 11 is 6.13. The maximum Gasteiger partial charge on any atom is 0.263 e. The number of rotatable bonds is 6. The molecule has 5 nitrogen and oxygen atoms in total. The zero-order chi connectivity index (χ0) is 21.0. The lowest BCUT2D eigenvalue weighted by Gasteiger charge is -2.13. The summed E-state index contributed by atoms with van der Waals surface area (Å²) in [6.07, 6.45) is 0. The minimum Gasteiger partial charge on any atom is -0.348 e. The smallest absolute Gasteiger partial charge is 0.263 e. The lowest BCUT2D eigenvalue weighted by Crippen LogP contribution is -2.24. The third kappa shape index (κ3) is 4.96. The van der Waals surface area contributed by atoms with Gasteiger partial charge in [0.15, 0.2) is 0 Å². The molecule has 0 aliphatic heterocycles. The minimum absolute atomic E-state index is 0.0431. The molecule has 29 heavy (non-hydrogen) atoms. The second-order valence-electron chi connectivity index (χ2n) is 6.67. The largest absolute Gasteiger partial charge is 0.348 e. The molecule has 150 valence electrons. The van der Waals surface area contributed by atoms with Gasteiger partial charge in [0.2, 0.25) is 0 Å². The van der Waals surface area contributed by atoms with Crippen molar-refractivity contribution in [3.8, 4) is 0 Å². The van der Waals surface area contributed by atoms with E-state index in [-0.39, 0.29) is 21.4 Å². The lowest BCUT2D eigenvalue weighted by atomic mass is 10.1. The van der Waals surface area contributed by atoms with Crippen molar-refractivity contribution >= 4 is 33.2 Å². The van der Waals surface area contributed by atoms with Crippen molar-refractivity contribution in [3.63, 3.8) is 0 Å². The molecule has 1 amide bonds. The van der Waals surface area contributed by atoms with Crippen LogP contribution in [0, 0.1) is 13.8 Å². The van der Waals surface area contributed by atoms with E-state index in [0.717, 1.165) is 16.7 Å². The first-order valence-corrected chi connectivity index (χ1v) is 10.8. The van der Waals surface area contributed by atoms with Crippen molar-refractivity contribution < 1.29 is 13.2 Å². The number of amides is 1. The number of hydrogen-bond donors (Lipinski definition) is 2. The number of aryl methyl sites for hydroxylation is 2. The van der Waals surface area contributed by atoms with Crippen LogP contribution < -0.4 is 10.0 Å². The van der Waals surface area contributed by atoms with E-state index in [0.29, 0.717) is 12.2 Å². The number of halogens is 1. The molecule has 0 radical (unpaired) electrons. The summed E-state index contributed by atoms with van der Waals surface area (Å²) in [6, 6.07) is 19.0. The van der Waals surface area contributed by atoms with E-state index in [2.05, 4.69) is 10.0 Å². The highest BCUT2D eigenvalue weighted by Gasteiger charge is 2.21. The molecule has 0 aromatic heterocycles. The van der Waals surface area contributed by atoms with E-state index >= 15 is 0 Å². The monoisotopic (exact) mass is 428 g/mol. The predicted octanol–water partition coefficient (Wildman–Crippen LogP) is 4.69. The molecule has 0 saturated heterocycles. The Morgan fingerprint density at radius 1 is 0.931 bits per heavy atom. The molecule has 0 saturated carbocycles. The quantitative estimate of drug-likeness (QED) is 0.598. The van der Waals surface area contributed by atoms with Gasteiger partial charge in [0.05, 0.1) is 10.7 Å². The van der Waals surface area contributed by atoms with Gasteiger partial charge in [-0.15, -0.1) is 0 Å². The molecule has 3 rings (SSSR count). The van der Waals surface area contributed by atoms with Crippen LogP contribution in [-0.4, -0.2) is 14.3 Å². The van der Waals surface area contributed by atoms with Crippen molar-refractivity contribution in [3.05, 3.63) is 94.0 Å². The van der Waals surface area contributed by atoms with Crippen LogP contribution in [0.15, 0.2) is 71.6 Å². The average Bonchev–Trinajstić information content (AvgIpc) is 2.69. The molecule has 0 unspecified atom stereocenters. The van der Waals surface area contributed by atoms with E-state index in [4.69, 9.17) is 11.6 Å². The number of benzene rings is 3. The molecule has 0 bridgehead atoms. The molecule has 3 aromatic rings. The molecular formula is C22H21ClN2O3S. The summed E-state index contributed by atoms with van der Waals surface area (Å²) < 4.78 is 28.2. The summed E-state index contributed by atoms with van der Waals surface area (Å²) in [5, 5.41) is 2.86. The van der Waals surface area contributed by atoms with Crippen molar-refractivity contribution in [2.75, 3.05) is 4.72 Å². The van der Waals surface area contributed by atoms with E-state index in [9.17, 15) is 13.2 Å². The number of hydrogen-bond acceptors (Lipinski definition) is 3. The first-order valence-electron chi connectivity index (χ1n) is 8.98. The molecule has 0 atom stereocenters. The Labute approximate surface area is 175 Å². The van der Waals surface area contributed by atoms with Crippen LogP contribution in [0.2, 0.25) is 5.02 Å². The van der Waals surface area contributed by atoms with Gasteiger partial charge in [0.25, 0.3) is 15.9 Å². The summed E-state index contributed by atoms with van der Waals surface area (Å²) in [5.74, 6) is -0.378. The second kappa shape index (κ2) is 8.68. The lowest BCUT2D eigenvalue weighted by molar-refractivity contribution is 0.0950. The Bertz CT molecular complexity index is 1160. The van der Waals surface area contributed by atoms with Gasteiger partial charge in [-0.25, -0.2) is 8.42 Å². The van der Waals surface area contributed by atoms with Gasteiger partial charge in [-0.3, -0.25) is 9.52 Å². The third-order valence-corrected chi connectivity index (χ3v) is 6.42. The Morgan fingerprint density at radius 2 is 1.59 bits per heavy atom. The van der Waals surface area contributed by atoms with Crippen molar-refractivity contribution in [1.82, 2.24) is 5.32 Å². The van der Waals surface area contributed by atoms with Crippen LogP contribution in [0.3, 0.4) is 0 Å². The van der Waals surface area contributed by atoms with Gasteiger partial charge in [0.1, 0.15) is 4.90 Å². The van der Waals surface area contributed by atoms with Crippen LogP contribution >= 0.6 is 11.6 Å². The fraction of sp³-hybridized carbons (Fsp3) is 0.136. The fourth-order valence-electron chi connectivity index (χ4n) is 2.82. The summed E-state index contributed by atoms with van der Waals surface area (Å²) in [7, 11) is -3.96. The first-order chi connectivity index (χ1) is 13.8. The highest BCUT2D eigenvalue weighted by atomic mass is 35.5. The number of nitrogens with one attached hydrogen (secondary N) is 2. The molecule has 0 aliphatic carbocycles. The molecule has 2 N–H and O–H groups in total. The topological polar surface area (TPSA) is 75.3 Å². The molecule has 0 spiro atoms. The van der Waals surface area contributed by atoms with Gasteiger partial charge in [-0.2, -0.15) is 0 Å². The highest BCUT2D eigenvalue weighted by molar-refractivity contribution is 7.92. The number of carbonyl (C=O) groups excluding carboxylic acids is 1. The fourth-order valence-corrected chi connectivity index (χ4v) is 4.48. The van der Waals surface area contributed by atoms with Crippen molar-refractivity contribution in [2.24, 2.45) is 0 Å². The maximum absolute atomic E-state index is 12.8. The number of anilines is 1. The Balaban J connectivity index is 1.83. The molecule has 0 aliphatic rings. The summed E-state index contributed by atoms with van der Waals surface area (Å²) in [5.41, 5.74) is 3.50. The summed E-state index contributed by atoms with van der Waals surface area (Å²) in [6.45, 7) is 4.11. The Morgan fingerprint density at radius 3 is 2.28 bits per heavy atom. The third-order valence-electron chi connectivity index (χ3n) is 4.57. The molecule has 0 fully saturated rings. The predicted molar refractivity (Wildman–Crippen MR) is 116 cm³/mol. The Hall–Kier alpha value is -2.83. The number of para-hydroxylation sites is 1. The van der Waals surface area contributed by atoms with Gasteiger partial charge < -0.3 is 5.32 Å². The first kappa shape index (κ1) is 20.9.